The van der Waals surface area contributed by atoms with Gasteiger partial charge in [-0.2, -0.15) is 0 Å². The first-order valence-corrected chi connectivity index (χ1v) is 4.98. The molecule has 0 fully saturated rings. The van der Waals surface area contributed by atoms with Gasteiger partial charge < -0.3 is 4.90 Å². The Hall–Kier alpha value is -0.890. The Bertz CT molecular complexity index is 217. The molecule has 1 aromatic rings. The largest absolute Gasteiger partial charge is 0.304 e. The van der Waals surface area contributed by atoms with E-state index in [0.717, 1.165) is 26.1 Å². The average molecular weight is 178 g/mol. The average Bonchev–Trinajstić information content (AvgIpc) is 2.21. The van der Waals surface area contributed by atoms with Crippen LogP contribution in [-0.4, -0.2) is 29.5 Å². The summed E-state index contributed by atoms with van der Waals surface area (Å²) in [4.78, 5) is 6.43. The lowest BCUT2D eigenvalue weighted by atomic mass is 10.2. The van der Waals surface area contributed by atoms with Gasteiger partial charge >= 0.3 is 0 Å². The number of rotatable bonds is 5. The molecular formula is C11H18N2. The smallest absolute Gasteiger partial charge is 0.0270 e. The van der Waals surface area contributed by atoms with Crippen LogP contribution in [0, 0.1) is 0 Å². The Morgan fingerprint density at radius 1 is 1.15 bits per heavy atom. The van der Waals surface area contributed by atoms with E-state index in [0.29, 0.717) is 0 Å². The molecule has 0 unspecified atom stereocenters. The Morgan fingerprint density at radius 2 is 1.77 bits per heavy atom. The number of hydrogen-bond donors (Lipinski definition) is 0. The number of nitrogens with zero attached hydrogens (tertiary/aromatic N) is 2. The van der Waals surface area contributed by atoms with Crippen LogP contribution >= 0.6 is 0 Å². The van der Waals surface area contributed by atoms with E-state index in [1.54, 1.807) is 0 Å². The molecule has 1 aromatic heterocycles. The summed E-state index contributed by atoms with van der Waals surface area (Å²) >= 11 is 0. The van der Waals surface area contributed by atoms with Crippen LogP contribution < -0.4 is 0 Å². The summed E-state index contributed by atoms with van der Waals surface area (Å²) < 4.78 is 0. The standard InChI is InChI=1S/C11H18N2/c1-3-13(4-2)10-7-11-5-8-12-9-6-11/h5-6,8-9H,3-4,7,10H2,1-2H3. The van der Waals surface area contributed by atoms with Gasteiger partial charge in [-0.15, -0.1) is 0 Å². The summed E-state index contributed by atoms with van der Waals surface area (Å²) in [6.45, 7) is 7.84. The minimum atomic E-state index is 1.13. The minimum Gasteiger partial charge on any atom is -0.304 e. The van der Waals surface area contributed by atoms with Gasteiger partial charge in [0.1, 0.15) is 0 Å². The van der Waals surface area contributed by atoms with Gasteiger partial charge in [0.15, 0.2) is 0 Å². The molecule has 0 saturated carbocycles. The first-order valence-electron chi connectivity index (χ1n) is 4.98. The van der Waals surface area contributed by atoms with E-state index in [-0.39, 0.29) is 0 Å². The van der Waals surface area contributed by atoms with Crippen molar-refractivity contribution in [1.82, 2.24) is 9.88 Å². The predicted molar refractivity (Wildman–Crippen MR) is 55.7 cm³/mol. The fourth-order valence-corrected chi connectivity index (χ4v) is 1.38. The van der Waals surface area contributed by atoms with E-state index in [1.807, 2.05) is 12.4 Å². The van der Waals surface area contributed by atoms with Crippen LogP contribution in [0.4, 0.5) is 0 Å². The second-order valence-electron chi connectivity index (χ2n) is 3.13. The van der Waals surface area contributed by atoms with E-state index in [4.69, 9.17) is 0 Å². The van der Waals surface area contributed by atoms with Crippen molar-refractivity contribution in [3.8, 4) is 0 Å². The summed E-state index contributed by atoms with van der Waals surface area (Å²) in [5.74, 6) is 0. The predicted octanol–water partition coefficient (Wildman–Crippen LogP) is 1.97. The van der Waals surface area contributed by atoms with Gasteiger partial charge in [0.25, 0.3) is 0 Å². The molecule has 0 atom stereocenters. The van der Waals surface area contributed by atoms with Gasteiger partial charge in [0, 0.05) is 18.9 Å². The SMILES string of the molecule is CCN(CC)CCc1ccncc1. The lowest BCUT2D eigenvalue weighted by molar-refractivity contribution is 0.308. The zero-order valence-corrected chi connectivity index (χ0v) is 8.53. The number of aromatic nitrogens is 1. The molecule has 2 nitrogen and oxygen atoms in total. The van der Waals surface area contributed by atoms with E-state index >= 15 is 0 Å². The molecule has 0 aliphatic rings. The molecule has 0 aromatic carbocycles. The molecule has 0 aliphatic heterocycles. The molecule has 1 heterocycles. The molecule has 0 aliphatic carbocycles. The molecule has 13 heavy (non-hydrogen) atoms. The molecule has 0 amide bonds. The highest BCUT2D eigenvalue weighted by Crippen LogP contribution is 1.99. The van der Waals surface area contributed by atoms with Crippen molar-refractivity contribution < 1.29 is 0 Å². The van der Waals surface area contributed by atoms with Crippen molar-refractivity contribution in [3.05, 3.63) is 30.1 Å². The number of hydrogen-bond acceptors (Lipinski definition) is 2. The zero-order chi connectivity index (χ0) is 9.52. The monoisotopic (exact) mass is 178 g/mol. The molecule has 0 bridgehead atoms. The summed E-state index contributed by atoms with van der Waals surface area (Å²) in [5, 5.41) is 0. The van der Waals surface area contributed by atoms with E-state index in [1.165, 1.54) is 5.56 Å². The van der Waals surface area contributed by atoms with Crippen molar-refractivity contribution >= 4 is 0 Å². The number of likely N-dealkylation sites (N-methyl/N-ethyl adjacent to an activating group) is 1. The number of pyridine rings is 1. The van der Waals surface area contributed by atoms with Gasteiger partial charge in [-0.25, -0.2) is 0 Å². The maximum absolute atomic E-state index is 4.00. The Balaban J connectivity index is 2.34. The minimum absolute atomic E-state index is 1.13. The molecular weight excluding hydrogens is 160 g/mol. The summed E-state index contributed by atoms with van der Waals surface area (Å²) in [6, 6.07) is 4.17. The zero-order valence-electron chi connectivity index (χ0n) is 8.53. The van der Waals surface area contributed by atoms with Crippen LogP contribution in [0.3, 0.4) is 0 Å². The third-order valence-corrected chi connectivity index (χ3v) is 2.36. The lowest BCUT2D eigenvalue weighted by Crippen LogP contribution is -2.25. The molecule has 0 radical (unpaired) electrons. The molecule has 1 rings (SSSR count). The van der Waals surface area contributed by atoms with Crippen molar-refractivity contribution in [2.75, 3.05) is 19.6 Å². The molecule has 0 N–H and O–H groups in total. The summed E-state index contributed by atoms with van der Waals surface area (Å²) in [5.41, 5.74) is 1.38. The van der Waals surface area contributed by atoms with E-state index in [9.17, 15) is 0 Å². The van der Waals surface area contributed by atoms with Crippen molar-refractivity contribution in [2.24, 2.45) is 0 Å². The van der Waals surface area contributed by atoms with Crippen molar-refractivity contribution in [1.29, 1.82) is 0 Å². The topological polar surface area (TPSA) is 16.1 Å². The van der Waals surface area contributed by atoms with Crippen LogP contribution in [-0.2, 0) is 6.42 Å². The second-order valence-corrected chi connectivity index (χ2v) is 3.13. The van der Waals surface area contributed by atoms with Gasteiger partial charge in [-0.05, 0) is 37.2 Å². The maximum atomic E-state index is 4.00. The van der Waals surface area contributed by atoms with Gasteiger partial charge in [0.2, 0.25) is 0 Å². The highest BCUT2D eigenvalue weighted by molar-refractivity contribution is 5.09. The highest BCUT2D eigenvalue weighted by Gasteiger charge is 1.98. The van der Waals surface area contributed by atoms with E-state index in [2.05, 4.69) is 35.9 Å². The van der Waals surface area contributed by atoms with E-state index < -0.39 is 0 Å². The summed E-state index contributed by atoms with van der Waals surface area (Å²) in [6.07, 6.45) is 4.85. The Morgan fingerprint density at radius 3 is 2.31 bits per heavy atom. The highest BCUT2D eigenvalue weighted by atomic mass is 15.1. The van der Waals surface area contributed by atoms with Gasteiger partial charge in [0.05, 0.1) is 0 Å². The van der Waals surface area contributed by atoms with Crippen molar-refractivity contribution in [3.63, 3.8) is 0 Å². The molecule has 72 valence electrons. The van der Waals surface area contributed by atoms with Crippen molar-refractivity contribution in [2.45, 2.75) is 20.3 Å². The molecule has 2 heteroatoms. The molecule has 0 spiro atoms. The van der Waals surface area contributed by atoms with Gasteiger partial charge in [-0.3, -0.25) is 4.98 Å². The Labute approximate surface area is 80.6 Å². The quantitative estimate of drug-likeness (QED) is 0.685. The third kappa shape index (κ3) is 3.55. The second kappa shape index (κ2) is 5.70. The first kappa shape index (κ1) is 10.2. The lowest BCUT2D eigenvalue weighted by Gasteiger charge is -2.17. The Kier molecular flexibility index (Phi) is 4.47. The molecule has 0 saturated heterocycles. The maximum Gasteiger partial charge on any atom is 0.0270 e. The van der Waals surface area contributed by atoms with Gasteiger partial charge in [-0.1, -0.05) is 13.8 Å². The van der Waals surface area contributed by atoms with Crippen LogP contribution in [0.2, 0.25) is 0 Å². The summed E-state index contributed by atoms with van der Waals surface area (Å²) in [7, 11) is 0. The van der Waals surface area contributed by atoms with Crippen LogP contribution in [0.5, 0.6) is 0 Å². The fourth-order valence-electron chi connectivity index (χ4n) is 1.38. The van der Waals surface area contributed by atoms with Crippen LogP contribution in [0.1, 0.15) is 19.4 Å². The first-order chi connectivity index (χ1) is 6.36. The fraction of sp³-hybridized carbons (Fsp3) is 0.545. The van der Waals surface area contributed by atoms with Crippen LogP contribution in [0.15, 0.2) is 24.5 Å². The normalized spacial score (nSPS) is 10.7. The van der Waals surface area contributed by atoms with Crippen LogP contribution in [0.25, 0.3) is 0 Å². The third-order valence-electron chi connectivity index (χ3n) is 2.36.